The molecule has 0 aliphatic heterocycles. The summed E-state index contributed by atoms with van der Waals surface area (Å²) in [6.45, 7) is 5.30. The topological polar surface area (TPSA) is 66.8 Å². The summed E-state index contributed by atoms with van der Waals surface area (Å²) in [6, 6.07) is 15.4. The fourth-order valence-corrected chi connectivity index (χ4v) is 2.38. The van der Waals surface area contributed by atoms with Crippen LogP contribution < -0.4 is 0 Å². The number of aliphatic hydroxyl groups is 2. The lowest BCUT2D eigenvalue weighted by Gasteiger charge is -2.32. The number of ether oxygens (including phenoxy) is 1. The lowest BCUT2D eigenvalue weighted by atomic mass is 9.84. The average molecular weight is 314 g/mol. The Bertz CT molecular complexity index is 649. The van der Waals surface area contributed by atoms with Crippen molar-refractivity contribution in [1.29, 1.82) is 0 Å². The number of aliphatic hydroxyl groups excluding tert-OH is 1. The second kappa shape index (κ2) is 6.94. The summed E-state index contributed by atoms with van der Waals surface area (Å²) in [4.78, 5) is 12.5. The first-order chi connectivity index (χ1) is 10.9. The Morgan fingerprint density at radius 2 is 1.61 bits per heavy atom. The van der Waals surface area contributed by atoms with E-state index in [1.54, 1.807) is 68.4 Å². The molecule has 2 N–H and O–H groups in total. The maximum atomic E-state index is 12.5. The maximum Gasteiger partial charge on any atom is 0.346 e. The summed E-state index contributed by atoms with van der Waals surface area (Å²) in [5, 5.41) is 21.8. The summed E-state index contributed by atoms with van der Waals surface area (Å²) < 4.78 is 5.19. The third kappa shape index (κ3) is 3.60. The van der Waals surface area contributed by atoms with Gasteiger partial charge in [0.15, 0.2) is 0 Å². The molecule has 4 nitrogen and oxygen atoms in total. The van der Waals surface area contributed by atoms with Gasteiger partial charge in [-0.1, -0.05) is 60.2 Å². The van der Waals surface area contributed by atoms with Crippen molar-refractivity contribution in [2.75, 3.05) is 0 Å². The summed E-state index contributed by atoms with van der Waals surface area (Å²) in [5.74, 6) is -0.868. The minimum absolute atomic E-state index is 0.296. The fraction of sp³-hybridized carbons (Fsp3) is 0.316. The van der Waals surface area contributed by atoms with E-state index in [1.165, 1.54) is 0 Å². The van der Waals surface area contributed by atoms with Crippen molar-refractivity contribution in [2.24, 2.45) is 0 Å². The lowest BCUT2D eigenvalue weighted by molar-refractivity contribution is -0.185. The van der Waals surface area contributed by atoms with Crippen molar-refractivity contribution >= 4 is 5.97 Å². The van der Waals surface area contributed by atoms with E-state index in [4.69, 9.17) is 4.74 Å². The third-order valence-electron chi connectivity index (χ3n) is 3.66. The van der Waals surface area contributed by atoms with Crippen LogP contribution in [0.15, 0.2) is 54.6 Å². The van der Waals surface area contributed by atoms with Gasteiger partial charge in [0.05, 0.1) is 6.10 Å². The first-order valence-corrected chi connectivity index (χ1v) is 7.59. The van der Waals surface area contributed by atoms with Gasteiger partial charge in [-0.25, -0.2) is 4.79 Å². The van der Waals surface area contributed by atoms with Crippen LogP contribution in [-0.4, -0.2) is 22.3 Å². The van der Waals surface area contributed by atoms with E-state index in [0.717, 1.165) is 5.56 Å². The number of aryl methyl sites for hydroxylation is 1. The molecule has 0 aromatic heterocycles. The number of carbonyl (C=O) groups is 1. The Hall–Kier alpha value is -2.17. The van der Waals surface area contributed by atoms with Crippen molar-refractivity contribution < 1.29 is 19.7 Å². The second-order valence-electron chi connectivity index (χ2n) is 5.90. The van der Waals surface area contributed by atoms with E-state index in [-0.39, 0.29) is 0 Å². The molecule has 122 valence electrons. The van der Waals surface area contributed by atoms with Crippen molar-refractivity contribution in [3.05, 3.63) is 71.3 Å². The highest BCUT2D eigenvalue weighted by Crippen LogP contribution is 2.36. The van der Waals surface area contributed by atoms with Gasteiger partial charge in [0.25, 0.3) is 0 Å². The third-order valence-corrected chi connectivity index (χ3v) is 3.66. The van der Waals surface area contributed by atoms with Crippen LogP contribution in [0.3, 0.4) is 0 Å². The van der Waals surface area contributed by atoms with Gasteiger partial charge >= 0.3 is 5.97 Å². The summed E-state index contributed by atoms with van der Waals surface area (Å²) in [5.41, 5.74) is -0.441. The standard InChI is InChI=1S/C19H22O4/c1-13(2)23-18(21)19(22,16-11-9-14(3)10-12-16)17(20)15-7-5-4-6-8-15/h4-13,17,20,22H,1-3H3. The average Bonchev–Trinajstić information content (AvgIpc) is 2.54. The van der Waals surface area contributed by atoms with Gasteiger partial charge in [0, 0.05) is 0 Å². The number of hydrogen-bond donors (Lipinski definition) is 2. The molecule has 0 saturated heterocycles. The smallest absolute Gasteiger partial charge is 0.346 e. The van der Waals surface area contributed by atoms with Gasteiger partial charge < -0.3 is 14.9 Å². The Morgan fingerprint density at radius 1 is 1.04 bits per heavy atom. The highest BCUT2D eigenvalue weighted by molar-refractivity contribution is 5.82. The Morgan fingerprint density at radius 3 is 2.13 bits per heavy atom. The molecule has 0 fully saturated rings. The molecule has 2 aromatic carbocycles. The van der Waals surface area contributed by atoms with Crippen LogP contribution in [0.25, 0.3) is 0 Å². The monoisotopic (exact) mass is 314 g/mol. The molecule has 0 heterocycles. The predicted molar refractivity (Wildman–Crippen MR) is 87.7 cm³/mol. The molecular weight excluding hydrogens is 292 g/mol. The van der Waals surface area contributed by atoms with Gasteiger partial charge in [-0.05, 0) is 31.9 Å². The zero-order valence-corrected chi connectivity index (χ0v) is 13.6. The van der Waals surface area contributed by atoms with Crippen LogP contribution >= 0.6 is 0 Å². The van der Waals surface area contributed by atoms with E-state index in [1.807, 2.05) is 6.92 Å². The quantitative estimate of drug-likeness (QED) is 0.833. The van der Waals surface area contributed by atoms with Gasteiger partial charge in [0.2, 0.25) is 5.60 Å². The SMILES string of the molecule is Cc1ccc(C(O)(C(=O)OC(C)C)C(O)c2ccccc2)cc1. The van der Waals surface area contributed by atoms with Crippen LogP contribution in [0.4, 0.5) is 0 Å². The second-order valence-corrected chi connectivity index (χ2v) is 5.90. The summed E-state index contributed by atoms with van der Waals surface area (Å²) in [7, 11) is 0. The van der Waals surface area contributed by atoms with Crippen molar-refractivity contribution in [3.63, 3.8) is 0 Å². The van der Waals surface area contributed by atoms with Crippen LogP contribution in [0.5, 0.6) is 0 Å². The zero-order chi connectivity index (χ0) is 17.0. The summed E-state index contributed by atoms with van der Waals surface area (Å²) >= 11 is 0. The van der Waals surface area contributed by atoms with Crippen molar-refractivity contribution in [1.82, 2.24) is 0 Å². The number of hydrogen-bond acceptors (Lipinski definition) is 4. The maximum absolute atomic E-state index is 12.5. The van der Waals surface area contributed by atoms with E-state index in [0.29, 0.717) is 11.1 Å². The molecule has 0 amide bonds. The normalized spacial score (nSPS) is 15.0. The van der Waals surface area contributed by atoms with Gasteiger partial charge in [0.1, 0.15) is 6.10 Å². The van der Waals surface area contributed by atoms with Gasteiger partial charge in [-0.15, -0.1) is 0 Å². The lowest BCUT2D eigenvalue weighted by Crippen LogP contribution is -2.44. The van der Waals surface area contributed by atoms with E-state index < -0.39 is 23.8 Å². The number of rotatable bonds is 5. The molecule has 2 unspecified atom stereocenters. The van der Waals surface area contributed by atoms with Crippen LogP contribution in [-0.2, 0) is 15.1 Å². The van der Waals surface area contributed by atoms with E-state index in [9.17, 15) is 15.0 Å². The van der Waals surface area contributed by atoms with Crippen LogP contribution in [0.1, 0.15) is 36.6 Å². The van der Waals surface area contributed by atoms with Gasteiger partial charge in [-0.3, -0.25) is 0 Å². The van der Waals surface area contributed by atoms with E-state index >= 15 is 0 Å². The minimum Gasteiger partial charge on any atom is -0.460 e. The number of esters is 1. The number of carbonyl (C=O) groups excluding carboxylic acids is 1. The molecule has 2 aromatic rings. The van der Waals surface area contributed by atoms with Crippen LogP contribution in [0, 0.1) is 6.92 Å². The zero-order valence-electron chi connectivity index (χ0n) is 13.6. The molecule has 0 radical (unpaired) electrons. The molecule has 2 atom stereocenters. The molecule has 4 heteroatoms. The predicted octanol–water partition coefficient (Wildman–Crippen LogP) is 2.87. The first kappa shape index (κ1) is 17.2. The Balaban J connectivity index is 2.50. The molecule has 0 aliphatic carbocycles. The largest absolute Gasteiger partial charge is 0.460 e. The van der Waals surface area contributed by atoms with Crippen molar-refractivity contribution in [2.45, 2.75) is 38.6 Å². The molecule has 2 rings (SSSR count). The Labute approximate surface area is 136 Å². The highest BCUT2D eigenvalue weighted by Gasteiger charge is 2.47. The van der Waals surface area contributed by atoms with E-state index in [2.05, 4.69) is 0 Å². The molecule has 0 bridgehead atoms. The first-order valence-electron chi connectivity index (χ1n) is 7.59. The number of benzene rings is 2. The Kier molecular flexibility index (Phi) is 5.19. The minimum atomic E-state index is -2.17. The van der Waals surface area contributed by atoms with Crippen LogP contribution in [0.2, 0.25) is 0 Å². The summed E-state index contributed by atoms with van der Waals surface area (Å²) in [6.07, 6.45) is -1.83. The molecule has 0 saturated carbocycles. The fourth-order valence-electron chi connectivity index (χ4n) is 2.38. The molecular formula is C19H22O4. The molecule has 23 heavy (non-hydrogen) atoms. The van der Waals surface area contributed by atoms with Crippen molar-refractivity contribution in [3.8, 4) is 0 Å². The highest BCUT2D eigenvalue weighted by atomic mass is 16.6. The molecule has 0 aliphatic rings. The molecule has 0 spiro atoms. The van der Waals surface area contributed by atoms with Gasteiger partial charge in [-0.2, -0.15) is 0 Å².